The Morgan fingerprint density at radius 2 is 1.75 bits per heavy atom. The fourth-order valence-electron chi connectivity index (χ4n) is 2.37. The van der Waals surface area contributed by atoms with Crippen LogP contribution in [0.3, 0.4) is 0 Å². The highest BCUT2D eigenvalue weighted by molar-refractivity contribution is 5.68. The van der Waals surface area contributed by atoms with E-state index in [1.807, 2.05) is 0 Å². The van der Waals surface area contributed by atoms with Gasteiger partial charge < -0.3 is 4.90 Å². The lowest BCUT2D eigenvalue weighted by atomic mass is 10.1. The highest BCUT2D eigenvalue weighted by Gasteiger charge is 2.15. The molecule has 0 aliphatic heterocycles. The molecule has 0 saturated heterocycles. The smallest absolute Gasteiger partial charge is 0.159 e. The summed E-state index contributed by atoms with van der Waals surface area (Å²) < 4.78 is 26.7. The number of rotatable bonds is 4. The van der Waals surface area contributed by atoms with Crippen molar-refractivity contribution in [3.05, 3.63) is 83.9 Å². The lowest BCUT2D eigenvalue weighted by Crippen LogP contribution is -2.18. The lowest BCUT2D eigenvalue weighted by molar-refractivity contribution is 0.507. The second-order valence-electron chi connectivity index (χ2n) is 5.06. The van der Waals surface area contributed by atoms with E-state index in [1.54, 1.807) is 41.6 Å². The fraction of sp³-hybridized carbons (Fsp3) is 0.0556. The lowest BCUT2D eigenvalue weighted by Gasteiger charge is -2.25. The van der Waals surface area contributed by atoms with Crippen LogP contribution in [0.2, 0.25) is 0 Å². The molecular formula is C18H12F2N4. The SMILES string of the molecule is N#Cc1ccccc1N(Cc1ccc(F)c(F)c1)c1cncnc1. The van der Waals surface area contributed by atoms with Crippen LogP contribution in [0, 0.1) is 23.0 Å². The molecule has 1 aromatic heterocycles. The van der Waals surface area contributed by atoms with E-state index in [1.165, 1.54) is 12.4 Å². The van der Waals surface area contributed by atoms with Gasteiger partial charge in [0.1, 0.15) is 12.4 Å². The average Bonchev–Trinajstić information content (AvgIpc) is 2.63. The van der Waals surface area contributed by atoms with Crippen LogP contribution < -0.4 is 4.90 Å². The first kappa shape index (κ1) is 15.6. The third-order valence-electron chi connectivity index (χ3n) is 3.50. The molecule has 0 atom stereocenters. The number of hydrogen-bond donors (Lipinski definition) is 0. The van der Waals surface area contributed by atoms with E-state index in [2.05, 4.69) is 16.0 Å². The van der Waals surface area contributed by atoms with Gasteiger partial charge in [0, 0.05) is 6.54 Å². The van der Waals surface area contributed by atoms with Gasteiger partial charge in [-0.2, -0.15) is 5.26 Å². The van der Waals surface area contributed by atoms with E-state index in [0.717, 1.165) is 12.1 Å². The van der Waals surface area contributed by atoms with Crippen LogP contribution in [0.1, 0.15) is 11.1 Å². The molecule has 0 spiro atoms. The molecule has 0 radical (unpaired) electrons. The number of halogens is 2. The standard InChI is InChI=1S/C18H12F2N4/c19-16-6-5-13(7-17(16)20)11-24(15-9-22-12-23-10-15)18-4-2-1-3-14(18)8-21/h1-7,9-10,12H,11H2. The van der Waals surface area contributed by atoms with Gasteiger partial charge in [0.05, 0.1) is 29.3 Å². The molecule has 6 heteroatoms. The maximum atomic E-state index is 13.5. The molecule has 0 amide bonds. The zero-order valence-corrected chi connectivity index (χ0v) is 12.5. The van der Waals surface area contributed by atoms with Crippen molar-refractivity contribution < 1.29 is 8.78 Å². The van der Waals surface area contributed by atoms with Crippen molar-refractivity contribution in [1.82, 2.24) is 9.97 Å². The largest absolute Gasteiger partial charge is 0.333 e. The van der Waals surface area contributed by atoms with Gasteiger partial charge in [-0.05, 0) is 29.8 Å². The predicted molar refractivity (Wildman–Crippen MR) is 85.4 cm³/mol. The first-order chi connectivity index (χ1) is 11.7. The first-order valence-electron chi connectivity index (χ1n) is 7.14. The normalized spacial score (nSPS) is 10.2. The minimum Gasteiger partial charge on any atom is -0.333 e. The molecule has 0 aliphatic rings. The van der Waals surface area contributed by atoms with Crippen LogP contribution in [0.4, 0.5) is 20.2 Å². The van der Waals surface area contributed by atoms with Gasteiger partial charge >= 0.3 is 0 Å². The maximum absolute atomic E-state index is 13.5. The van der Waals surface area contributed by atoms with Crippen molar-refractivity contribution in [1.29, 1.82) is 5.26 Å². The summed E-state index contributed by atoms with van der Waals surface area (Å²) in [7, 11) is 0. The molecule has 0 N–H and O–H groups in total. The van der Waals surface area contributed by atoms with Crippen molar-refractivity contribution in [2.24, 2.45) is 0 Å². The third kappa shape index (κ3) is 3.20. The third-order valence-corrected chi connectivity index (χ3v) is 3.50. The number of para-hydroxylation sites is 1. The molecular weight excluding hydrogens is 310 g/mol. The van der Waals surface area contributed by atoms with Gasteiger partial charge in [0.15, 0.2) is 11.6 Å². The van der Waals surface area contributed by atoms with Crippen LogP contribution in [0.25, 0.3) is 0 Å². The Labute approximate surface area is 137 Å². The highest BCUT2D eigenvalue weighted by Crippen LogP contribution is 2.29. The van der Waals surface area contributed by atoms with Gasteiger partial charge in [-0.25, -0.2) is 18.7 Å². The van der Waals surface area contributed by atoms with Gasteiger partial charge in [0.25, 0.3) is 0 Å². The number of nitrogens with zero attached hydrogens (tertiary/aromatic N) is 4. The number of aromatic nitrogens is 2. The van der Waals surface area contributed by atoms with Crippen LogP contribution in [-0.4, -0.2) is 9.97 Å². The van der Waals surface area contributed by atoms with Crippen LogP contribution in [0.5, 0.6) is 0 Å². The average molecular weight is 322 g/mol. The van der Waals surface area contributed by atoms with Gasteiger partial charge in [-0.1, -0.05) is 18.2 Å². The van der Waals surface area contributed by atoms with Gasteiger partial charge in [0.2, 0.25) is 0 Å². The summed E-state index contributed by atoms with van der Waals surface area (Å²) in [6, 6.07) is 12.9. The summed E-state index contributed by atoms with van der Waals surface area (Å²) in [5, 5.41) is 9.34. The Balaban J connectivity index is 2.06. The van der Waals surface area contributed by atoms with Crippen LogP contribution in [0.15, 0.2) is 61.2 Å². The molecule has 0 unspecified atom stereocenters. The van der Waals surface area contributed by atoms with Gasteiger partial charge in [-0.3, -0.25) is 0 Å². The molecule has 0 saturated carbocycles. The van der Waals surface area contributed by atoms with Crippen LogP contribution >= 0.6 is 0 Å². The summed E-state index contributed by atoms with van der Waals surface area (Å²) >= 11 is 0. The highest BCUT2D eigenvalue weighted by atomic mass is 19.2. The van der Waals surface area contributed by atoms with Crippen LogP contribution in [-0.2, 0) is 6.54 Å². The number of benzene rings is 2. The molecule has 4 nitrogen and oxygen atoms in total. The zero-order valence-electron chi connectivity index (χ0n) is 12.5. The zero-order chi connectivity index (χ0) is 16.9. The predicted octanol–water partition coefficient (Wildman–Crippen LogP) is 3.96. The molecule has 2 aromatic carbocycles. The summed E-state index contributed by atoms with van der Waals surface area (Å²) in [5.41, 5.74) is 2.30. The molecule has 0 aliphatic carbocycles. The first-order valence-corrected chi connectivity index (χ1v) is 7.14. The van der Waals surface area contributed by atoms with E-state index in [-0.39, 0.29) is 6.54 Å². The molecule has 0 bridgehead atoms. The Morgan fingerprint density at radius 1 is 1.00 bits per heavy atom. The minimum absolute atomic E-state index is 0.239. The van der Waals surface area contributed by atoms with Gasteiger partial charge in [-0.15, -0.1) is 0 Å². The second kappa shape index (κ2) is 6.84. The second-order valence-corrected chi connectivity index (χ2v) is 5.06. The van der Waals surface area contributed by atoms with Crippen molar-refractivity contribution in [2.45, 2.75) is 6.54 Å². The molecule has 3 rings (SSSR count). The molecule has 24 heavy (non-hydrogen) atoms. The Hall–Kier alpha value is -3.33. The fourth-order valence-corrected chi connectivity index (χ4v) is 2.37. The minimum atomic E-state index is -0.912. The summed E-state index contributed by atoms with van der Waals surface area (Å²) in [6.45, 7) is 0.239. The number of nitriles is 1. The van der Waals surface area contributed by atoms with E-state index >= 15 is 0 Å². The van der Waals surface area contributed by atoms with E-state index < -0.39 is 11.6 Å². The summed E-state index contributed by atoms with van der Waals surface area (Å²) in [4.78, 5) is 9.76. The molecule has 3 aromatic rings. The topological polar surface area (TPSA) is 52.8 Å². The van der Waals surface area contributed by atoms with Crippen molar-refractivity contribution in [3.8, 4) is 6.07 Å². The quantitative estimate of drug-likeness (QED) is 0.729. The Kier molecular flexibility index (Phi) is 4.43. The van der Waals surface area contributed by atoms with E-state index in [9.17, 15) is 14.0 Å². The molecule has 118 valence electrons. The monoisotopic (exact) mass is 322 g/mol. The Morgan fingerprint density at radius 3 is 2.46 bits per heavy atom. The van der Waals surface area contributed by atoms with Crippen molar-refractivity contribution >= 4 is 11.4 Å². The molecule has 1 heterocycles. The van der Waals surface area contributed by atoms with E-state index in [0.29, 0.717) is 22.5 Å². The summed E-state index contributed by atoms with van der Waals surface area (Å²) in [5.74, 6) is -1.81. The van der Waals surface area contributed by atoms with Crippen molar-refractivity contribution in [3.63, 3.8) is 0 Å². The number of hydrogen-bond acceptors (Lipinski definition) is 4. The molecule has 0 fully saturated rings. The summed E-state index contributed by atoms with van der Waals surface area (Å²) in [6.07, 6.45) is 4.59. The van der Waals surface area contributed by atoms with E-state index in [4.69, 9.17) is 0 Å². The maximum Gasteiger partial charge on any atom is 0.159 e. The number of anilines is 2. The Bertz CT molecular complexity index is 891. The van der Waals surface area contributed by atoms with Crippen molar-refractivity contribution in [2.75, 3.05) is 4.90 Å².